The third-order valence-electron chi connectivity index (χ3n) is 5.93. The van der Waals surface area contributed by atoms with Crippen LogP contribution in [0.1, 0.15) is 11.6 Å². The predicted molar refractivity (Wildman–Crippen MR) is 124 cm³/mol. The van der Waals surface area contributed by atoms with Gasteiger partial charge < -0.3 is 4.74 Å². The van der Waals surface area contributed by atoms with Gasteiger partial charge >= 0.3 is 0 Å². The summed E-state index contributed by atoms with van der Waals surface area (Å²) in [6.07, 6.45) is -1.10. The summed E-state index contributed by atoms with van der Waals surface area (Å²) in [5.74, 6) is -1.27. The molecule has 0 unspecified atom stereocenters. The van der Waals surface area contributed by atoms with Crippen molar-refractivity contribution in [2.24, 2.45) is 5.92 Å². The number of nitrogens with zero attached hydrogens (tertiary/aromatic N) is 3. The van der Waals surface area contributed by atoms with Crippen LogP contribution in [-0.4, -0.2) is 30.0 Å². The van der Waals surface area contributed by atoms with Crippen LogP contribution in [0.15, 0.2) is 72.8 Å². The van der Waals surface area contributed by atoms with Crippen molar-refractivity contribution in [2.45, 2.75) is 12.1 Å². The molecule has 34 heavy (non-hydrogen) atoms. The van der Waals surface area contributed by atoms with Crippen LogP contribution in [0.3, 0.4) is 0 Å². The van der Waals surface area contributed by atoms with Gasteiger partial charge in [-0.2, -0.15) is 0 Å². The highest BCUT2D eigenvalue weighted by molar-refractivity contribution is 6.31. The zero-order valence-electron chi connectivity index (χ0n) is 17.8. The third kappa shape index (κ3) is 3.55. The summed E-state index contributed by atoms with van der Waals surface area (Å²) < 4.78 is 5.34. The van der Waals surface area contributed by atoms with Crippen molar-refractivity contribution in [1.82, 2.24) is 0 Å². The van der Waals surface area contributed by atoms with Gasteiger partial charge in [0, 0.05) is 17.2 Å². The number of rotatable bonds is 5. The zero-order chi connectivity index (χ0) is 24.0. The first kappa shape index (κ1) is 21.9. The van der Waals surface area contributed by atoms with Crippen LogP contribution in [0.25, 0.3) is 0 Å². The Morgan fingerprint density at radius 1 is 0.971 bits per heavy atom. The number of carbonyl (C=O) groups is 2. The number of amides is 2. The molecule has 9 nitrogen and oxygen atoms in total. The summed E-state index contributed by atoms with van der Waals surface area (Å²) in [5, 5.41) is 13.2. The molecule has 0 N–H and O–H groups in total. The van der Waals surface area contributed by atoms with Crippen molar-refractivity contribution in [1.29, 1.82) is 0 Å². The van der Waals surface area contributed by atoms with Crippen molar-refractivity contribution in [3.8, 4) is 5.75 Å². The molecule has 0 spiro atoms. The number of anilines is 2. The summed E-state index contributed by atoms with van der Waals surface area (Å²) in [5.41, 5.74) is 1.28. The maximum atomic E-state index is 13.6. The Morgan fingerprint density at radius 2 is 1.71 bits per heavy atom. The Hall–Kier alpha value is -3.95. The molecule has 0 aromatic heterocycles. The lowest BCUT2D eigenvalue weighted by Gasteiger charge is -2.28. The van der Waals surface area contributed by atoms with E-state index in [0.717, 1.165) is 4.90 Å². The van der Waals surface area contributed by atoms with E-state index in [9.17, 15) is 19.7 Å². The van der Waals surface area contributed by atoms with E-state index < -0.39 is 34.8 Å². The minimum atomic E-state index is -1.10. The summed E-state index contributed by atoms with van der Waals surface area (Å²) >= 11 is 5.96. The molecule has 3 atom stereocenters. The van der Waals surface area contributed by atoms with Gasteiger partial charge in [-0.1, -0.05) is 29.8 Å². The van der Waals surface area contributed by atoms with E-state index in [1.165, 1.54) is 30.4 Å². The average Bonchev–Trinajstić information content (AvgIpc) is 3.36. The topological polar surface area (TPSA) is 102 Å². The highest BCUT2D eigenvalue weighted by Gasteiger charge is 2.60. The second kappa shape index (κ2) is 8.44. The molecule has 2 amide bonds. The fourth-order valence-electron chi connectivity index (χ4n) is 4.39. The molecule has 5 rings (SSSR count). The van der Waals surface area contributed by atoms with Crippen molar-refractivity contribution >= 4 is 40.5 Å². The third-order valence-corrected chi connectivity index (χ3v) is 6.18. The normalized spacial score (nSPS) is 21.6. The van der Waals surface area contributed by atoms with Gasteiger partial charge in [-0.15, -0.1) is 0 Å². The molecule has 0 saturated carbocycles. The number of nitro groups is 1. The monoisotopic (exact) mass is 479 g/mol. The number of halogens is 1. The molecular formula is C24H18ClN3O6. The molecule has 2 aliphatic heterocycles. The van der Waals surface area contributed by atoms with Gasteiger partial charge in [0.15, 0.2) is 6.10 Å². The highest BCUT2D eigenvalue weighted by Crippen LogP contribution is 2.48. The number of hydroxylamine groups is 1. The average molecular weight is 480 g/mol. The molecule has 2 fully saturated rings. The van der Waals surface area contributed by atoms with Crippen molar-refractivity contribution < 1.29 is 24.1 Å². The minimum absolute atomic E-state index is 0.136. The van der Waals surface area contributed by atoms with Gasteiger partial charge in [0.25, 0.3) is 11.6 Å². The standard InChI is InChI=1S/C24H18ClN3O6/c1-33-19-7-2-4-14(12-19)21-20-22(34-27(21)17-5-3-6-18(13-17)28(31)32)24(30)26(23(20)29)16-10-8-15(25)9-11-16/h2-13,20-22H,1H3/t20-,21+,22-/m0/s1. The number of hydrogen-bond donors (Lipinski definition) is 0. The lowest BCUT2D eigenvalue weighted by Crippen LogP contribution is -2.37. The fraction of sp³-hybridized carbons (Fsp3) is 0.167. The second-order valence-electron chi connectivity index (χ2n) is 7.86. The quantitative estimate of drug-likeness (QED) is 0.305. The molecule has 0 bridgehead atoms. The number of methoxy groups -OCH3 is 1. The Kier molecular flexibility index (Phi) is 5.43. The Bertz CT molecular complexity index is 1300. The van der Waals surface area contributed by atoms with Crippen LogP contribution < -0.4 is 14.7 Å². The van der Waals surface area contributed by atoms with Gasteiger partial charge in [-0.05, 0) is 48.0 Å². The Morgan fingerprint density at radius 3 is 2.41 bits per heavy atom. The maximum Gasteiger partial charge on any atom is 0.271 e. The molecule has 0 aliphatic carbocycles. The van der Waals surface area contributed by atoms with Gasteiger partial charge in [-0.25, -0.2) is 9.96 Å². The smallest absolute Gasteiger partial charge is 0.271 e. The number of carbonyl (C=O) groups excluding carboxylic acids is 2. The lowest BCUT2D eigenvalue weighted by molar-refractivity contribution is -0.384. The van der Waals surface area contributed by atoms with Crippen LogP contribution in [0.4, 0.5) is 17.1 Å². The van der Waals surface area contributed by atoms with Crippen LogP contribution in [0.2, 0.25) is 5.02 Å². The summed E-state index contributed by atoms with van der Waals surface area (Å²) in [7, 11) is 1.53. The number of nitro benzene ring substituents is 1. The Labute approximate surface area is 199 Å². The molecule has 10 heteroatoms. The van der Waals surface area contributed by atoms with Gasteiger partial charge in [0.1, 0.15) is 11.7 Å². The first-order chi connectivity index (χ1) is 16.4. The van der Waals surface area contributed by atoms with Gasteiger partial charge in [0.05, 0.1) is 29.4 Å². The van der Waals surface area contributed by atoms with Gasteiger partial charge in [-0.3, -0.25) is 24.5 Å². The fourth-order valence-corrected chi connectivity index (χ4v) is 4.52. The Balaban J connectivity index is 1.60. The van der Waals surface area contributed by atoms with Crippen LogP contribution >= 0.6 is 11.6 Å². The second-order valence-corrected chi connectivity index (χ2v) is 8.30. The van der Waals surface area contributed by atoms with E-state index in [0.29, 0.717) is 27.7 Å². The van der Waals surface area contributed by atoms with E-state index in [4.69, 9.17) is 21.2 Å². The SMILES string of the molecule is COc1cccc([C@@H]2[C@@H]3C(=O)N(c4ccc(Cl)cc4)C(=O)[C@H]3ON2c2cccc([N+](=O)[O-])c2)c1. The van der Waals surface area contributed by atoms with E-state index in [-0.39, 0.29) is 5.69 Å². The zero-order valence-corrected chi connectivity index (χ0v) is 18.6. The summed E-state index contributed by atoms with van der Waals surface area (Å²) in [6.45, 7) is 0. The molecule has 3 aromatic carbocycles. The molecule has 2 aliphatic rings. The molecule has 2 saturated heterocycles. The summed E-state index contributed by atoms with van der Waals surface area (Å²) in [6, 6.07) is 18.6. The number of imide groups is 1. The molecule has 172 valence electrons. The minimum Gasteiger partial charge on any atom is -0.497 e. The van der Waals surface area contributed by atoms with E-state index >= 15 is 0 Å². The first-order valence-electron chi connectivity index (χ1n) is 10.4. The van der Waals surface area contributed by atoms with Crippen LogP contribution in [-0.2, 0) is 14.4 Å². The van der Waals surface area contributed by atoms with Crippen molar-refractivity contribution in [3.63, 3.8) is 0 Å². The summed E-state index contributed by atoms with van der Waals surface area (Å²) in [4.78, 5) is 44.9. The number of ether oxygens (including phenoxy) is 1. The van der Waals surface area contributed by atoms with E-state index in [1.54, 1.807) is 54.6 Å². The molecule has 3 aromatic rings. The molecule has 0 radical (unpaired) electrons. The maximum absolute atomic E-state index is 13.6. The molecular weight excluding hydrogens is 462 g/mol. The number of fused-ring (bicyclic) bond motifs is 1. The van der Waals surface area contributed by atoms with Gasteiger partial charge in [0.2, 0.25) is 5.91 Å². The number of benzene rings is 3. The van der Waals surface area contributed by atoms with E-state index in [1.807, 2.05) is 0 Å². The van der Waals surface area contributed by atoms with Crippen LogP contribution in [0.5, 0.6) is 5.75 Å². The highest BCUT2D eigenvalue weighted by atomic mass is 35.5. The van der Waals surface area contributed by atoms with Crippen molar-refractivity contribution in [2.75, 3.05) is 17.1 Å². The number of hydrogen-bond acceptors (Lipinski definition) is 7. The first-order valence-corrected chi connectivity index (χ1v) is 10.7. The van der Waals surface area contributed by atoms with Crippen LogP contribution in [0, 0.1) is 16.0 Å². The predicted octanol–water partition coefficient (Wildman–Crippen LogP) is 4.31. The lowest BCUT2D eigenvalue weighted by atomic mass is 9.90. The largest absolute Gasteiger partial charge is 0.497 e. The molecule has 2 heterocycles. The van der Waals surface area contributed by atoms with E-state index in [2.05, 4.69) is 0 Å². The van der Waals surface area contributed by atoms with Crippen molar-refractivity contribution in [3.05, 3.63) is 93.5 Å². The number of non-ortho nitro benzene ring substituents is 1.